The minimum atomic E-state index is 0. The van der Waals surface area contributed by atoms with Crippen LogP contribution < -0.4 is 10.1 Å². The van der Waals surface area contributed by atoms with Gasteiger partial charge in [-0.05, 0) is 6.07 Å². The first-order chi connectivity index (χ1) is 8.43. The Morgan fingerprint density at radius 2 is 1.79 bits per heavy atom. The van der Waals surface area contributed by atoms with Gasteiger partial charge in [-0.25, -0.2) is 4.98 Å². The average Bonchev–Trinajstić information content (AvgIpc) is 2.64. The maximum Gasteiger partial charge on any atom is 0.218 e. The maximum atomic E-state index is 5.64. The van der Waals surface area contributed by atoms with Crippen molar-refractivity contribution in [3.63, 3.8) is 0 Å². The zero-order valence-electron chi connectivity index (χ0n) is 10.3. The van der Waals surface area contributed by atoms with Gasteiger partial charge < -0.3 is 10.1 Å². The van der Waals surface area contributed by atoms with Crippen LogP contribution in [-0.2, 0) is 6.54 Å². The second-order valence-corrected chi connectivity index (χ2v) is 4.05. The van der Waals surface area contributed by atoms with Crippen molar-refractivity contribution in [2.45, 2.75) is 6.54 Å². The van der Waals surface area contributed by atoms with Crippen LogP contribution in [0.1, 0.15) is 5.56 Å². The van der Waals surface area contributed by atoms with E-state index >= 15 is 0 Å². The molecule has 0 fully saturated rings. The summed E-state index contributed by atoms with van der Waals surface area (Å²) in [5.74, 6) is 0.761. The molecule has 1 aromatic heterocycles. The fourth-order valence-corrected chi connectivity index (χ4v) is 1.94. The first kappa shape index (κ1) is 15.8. The minimum Gasteiger partial charge on any atom is -0.476 e. The van der Waals surface area contributed by atoms with Crippen molar-refractivity contribution in [1.29, 1.82) is 0 Å². The minimum absolute atomic E-state index is 0. The number of hydrogen-bond acceptors (Lipinski definition) is 3. The Morgan fingerprint density at radius 1 is 1.00 bits per heavy atom. The number of nitrogens with one attached hydrogen (secondary N) is 1. The summed E-state index contributed by atoms with van der Waals surface area (Å²) in [6.45, 7) is 2.38. The molecule has 0 spiro atoms. The Kier molecular flexibility index (Phi) is 6.09. The van der Waals surface area contributed by atoms with E-state index in [9.17, 15) is 0 Å². The third kappa shape index (κ3) is 3.60. The molecule has 2 aromatic rings. The highest BCUT2D eigenvalue weighted by atomic mass is 35.5. The van der Waals surface area contributed by atoms with E-state index in [-0.39, 0.29) is 24.8 Å². The summed E-state index contributed by atoms with van der Waals surface area (Å²) in [5, 5.41) is 3.30. The highest BCUT2D eigenvalue weighted by Crippen LogP contribution is 2.23. The molecule has 0 aliphatic carbocycles. The van der Waals surface area contributed by atoms with Gasteiger partial charge in [0.1, 0.15) is 6.61 Å². The first-order valence-corrected chi connectivity index (χ1v) is 5.82. The first-order valence-electron chi connectivity index (χ1n) is 5.82. The molecule has 2 heterocycles. The Hall–Kier alpha value is -1.29. The predicted molar refractivity (Wildman–Crippen MR) is 81.4 cm³/mol. The van der Waals surface area contributed by atoms with Crippen molar-refractivity contribution in [3.8, 4) is 17.1 Å². The number of aromatic nitrogens is 1. The molecule has 0 unspecified atom stereocenters. The molecule has 0 atom stereocenters. The summed E-state index contributed by atoms with van der Waals surface area (Å²) in [7, 11) is 0. The SMILES string of the molecule is Cl.Cl.c1ccc(-c2ccc3c(n2)OCCNC3)cc1. The third-order valence-corrected chi connectivity index (χ3v) is 2.84. The van der Waals surface area contributed by atoms with E-state index in [0.29, 0.717) is 6.61 Å². The second-order valence-electron chi connectivity index (χ2n) is 4.05. The highest BCUT2D eigenvalue weighted by molar-refractivity contribution is 5.85. The Balaban J connectivity index is 0.000000902. The molecule has 1 aliphatic heterocycles. The van der Waals surface area contributed by atoms with E-state index in [2.05, 4.69) is 28.5 Å². The van der Waals surface area contributed by atoms with Crippen molar-refractivity contribution < 1.29 is 4.74 Å². The molecule has 1 N–H and O–H groups in total. The standard InChI is InChI=1S/C14H14N2O.2ClH/c1-2-4-11(5-3-1)13-7-6-12-10-15-8-9-17-14(12)16-13;;/h1-7,15H,8-10H2;2*1H. The monoisotopic (exact) mass is 298 g/mol. The lowest BCUT2D eigenvalue weighted by molar-refractivity contribution is 0.314. The molecular weight excluding hydrogens is 283 g/mol. The predicted octanol–water partition coefficient (Wildman–Crippen LogP) is 3.07. The quantitative estimate of drug-likeness (QED) is 0.878. The topological polar surface area (TPSA) is 34.1 Å². The Morgan fingerprint density at radius 3 is 2.58 bits per heavy atom. The van der Waals surface area contributed by atoms with Gasteiger partial charge in [-0.1, -0.05) is 36.4 Å². The molecule has 19 heavy (non-hydrogen) atoms. The summed E-state index contributed by atoms with van der Waals surface area (Å²) in [4.78, 5) is 4.58. The van der Waals surface area contributed by atoms with Gasteiger partial charge in [0.25, 0.3) is 0 Å². The highest BCUT2D eigenvalue weighted by Gasteiger charge is 2.11. The molecule has 3 nitrogen and oxygen atoms in total. The lowest BCUT2D eigenvalue weighted by atomic mass is 10.1. The molecule has 1 aromatic carbocycles. The molecule has 0 saturated carbocycles. The molecular formula is C14H16Cl2N2O. The maximum absolute atomic E-state index is 5.64. The van der Waals surface area contributed by atoms with E-state index in [1.807, 2.05) is 24.3 Å². The van der Waals surface area contributed by atoms with E-state index in [1.54, 1.807) is 0 Å². The molecule has 1 aliphatic rings. The van der Waals surface area contributed by atoms with Crippen LogP contribution in [0.25, 0.3) is 11.3 Å². The molecule has 0 radical (unpaired) electrons. The molecule has 3 rings (SSSR count). The van der Waals surface area contributed by atoms with Gasteiger partial charge in [0, 0.05) is 24.2 Å². The van der Waals surface area contributed by atoms with Crippen LogP contribution in [0.5, 0.6) is 5.88 Å². The van der Waals surface area contributed by atoms with E-state index < -0.39 is 0 Å². The van der Waals surface area contributed by atoms with Gasteiger partial charge in [0.2, 0.25) is 5.88 Å². The number of nitrogens with zero attached hydrogens (tertiary/aromatic N) is 1. The van der Waals surface area contributed by atoms with Crippen LogP contribution in [0.3, 0.4) is 0 Å². The summed E-state index contributed by atoms with van der Waals surface area (Å²) in [6, 6.07) is 14.3. The van der Waals surface area contributed by atoms with Gasteiger partial charge >= 0.3 is 0 Å². The summed E-state index contributed by atoms with van der Waals surface area (Å²) >= 11 is 0. The van der Waals surface area contributed by atoms with Gasteiger partial charge in [-0.3, -0.25) is 0 Å². The van der Waals surface area contributed by atoms with Crippen LogP contribution in [0.2, 0.25) is 0 Å². The van der Waals surface area contributed by atoms with Gasteiger partial charge in [0.15, 0.2) is 0 Å². The molecule has 5 heteroatoms. The molecule has 0 saturated heterocycles. The van der Waals surface area contributed by atoms with Crippen LogP contribution in [0.4, 0.5) is 0 Å². The van der Waals surface area contributed by atoms with Crippen molar-refractivity contribution in [1.82, 2.24) is 10.3 Å². The van der Waals surface area contributed by atoms with Crippen molar-refractivity contribution in [3.05, 3.63) is 48.0 Å². The normalized spacial score (nSPS) is 13.1. The zero-order chi connectivity index (χ0) is 11.5. The van der Waals surface area contributed by atoms with Gasteiger partial charge in [0.05, 0.1) is 5.69 Å². The van der Waals surface area contributed by atoms with Gasteiger partial charge in [-0.15, -0.1) is 24.8 Å². The van der Waals surface area contributed by atoms with Gasteiger partial charge in [-0.2, -0.15) is 0 Å². The summed E-state index contributed by atoms with van der Waals surface area (Å²) < 4.78 is 5.64. The number of halogens is 2. The lowest BCUT2D eigenvalue weighted by Crippen LogP contribution is -2.16. The number of rotatable bonds is 1. The van der Waals surface area contributed by atoms with Crippen LogP contribution in [0, 0.1) is 0 Å². The molecule has 0 amide bonds. The third-order valence-electron chi connectivity index (χ3n) is 2.84. The second kappa shape index (κ2) is 7.34. The fourth-order valence-electron chi connectivity index (χ4n) is 1.94. The number of fused-ring (bicyclic) bond motifs is 1. The summed E-state index contributed by atoms with van der Waals surface area (Å²) in [5.41, 5.74) is 3.21. The molecule has 102 valence electrons. The Bertz CT molecular complexity index is 520. The van der Waals surface area contributed by atoms with Crippen LogP contribution in [-0.4, -0.2) is 18.1 Å². The fraction of sp³-hybridized carbons (Fsp3) is 0.214. The molecule has 0 bridgehead atoms. The van der Waals surface area contributed by atoms with Crippen molar-refractivity contribution in [2.75, 3.05) is 13.2 Å². The number of pyridine rings is 1. The number of hydrogen-bond donors (Lipinski definition) is 1. The Labute approximate surface area is 125 Å². The van der Waals surface area contributed by atoms with Crippen LogP contribution in [0.15, 0.2) is 42.5 Å². The number of benzene rings is 1. The smallest absolute Gasteiger partial charge is 0.218 e. The van der Waals surface area contributed by atoms with E-state index in [4.69, 9.17) is 4.74 Å². The van der Waals surface area contributed by atoms with Crippen molar-refractivity contribution in [2.24, 2.45) is 0 Å². The number of ether oxygens (including phenoxy) is 1. The van der Waals surface area contributed by atoms with Crippen LogP contribution >= 0.6 is 24.8 Å². The summed E-state index contributed by atoms with van der Waals surface area (Å²) in [6.07, 6.45) is 0. The zero-order valence-corrected chi connectivity index (χ0v) is 12.0. The van der Waals surface area contributed by atoms with Crippen molar-refractivity contribution >= 4 is 24.8 Å². The lowest BCUT2D eigenvalue weighted by Gasteiger charge is -2.07. The largest absolute Gasteiger partial charge is 0.476 e. The van der Waals surface area contributed by atoms with E-state index in [0.717, 1.165) is 35.8 Å². The van der Waals surface area contributed by atoms with E-state index in [1.165, 1.54) is 0 Å². The average molecular weight is 299 g/mol.